The highest BCUT2D eigenvalue weighted by Crippen LogP contribution is 2.22. The van der Waals surface area contributed by atoms with Crippen LogP contribution in [0.5, 0.6) is 0 Å². The lowest BCUT2D eigenvalue weighted by Gasteiger charge is -2.12. The summed E-state index contributed by atoms with van der Waals surface area (Å²) < 4.78 is 26.4. The Morgan fingerprint density at radius 3 is 2.70 bits per heavy atom. The van der Waals surface area contributed by atoms with Crippen LogP contribution in [0, 0.1) is 5.92 Å². The first-order chi connectivity index (χ1) is 11.0. The molecule has 1 aromatic carbocycles. The number of para-hydroxylation sites is 1. The highest BCUT2D eigenvalue weighted by atomic mass is 32.2. The smallest absolute Gasteiger partial charge is 0.407 e. The average molecular weight is 337 g/mol. The van der Waals surface area contributed by atoms with Gasteiger partial charge in [0, 0.05) is 13.1 Å². The molecule has 0 spiro atoms. The molecule has 0 aliphatic carbocycles. The van der Waals surface area contributed by atoms with Crippen molar-refractivity contribution in [2.45, 2.75) is 11.6 Å². The number of rotatable bonds is 4. The number of sulfone groups is 1. The van der Waals surface area contributed by atoms with Gasteiger partial charge in [0.05, 0.1) is 11.4 Å². The molecule has 0 bridgehead atoms. The number of aromatic nitrogens is 4. The first-order valence-corrected chi connectivity index (χ1v) is 8.67. The first kappa shape index (κ1) is 15.4. The predicted octanol–water partition coefficient (Wildman–Crippen LogP) is 0.436. The van der Waals surface area contributed by atoms with Crippen molar-refractivity contribution in [1.29, 1.82) is 0 Å². The SMILES string of the molecule is O=C(O)N1CCC(CS(=O)(=O)c2nnnn2-c2ccccc2)C1. The molecule has 2 heterocycles. The zero-order chi connectivity index (χ0) is 16.4. The van der Waals surface area contributed by atoms with Gasteiger partial charge in [-0.25, -0.2) is 13.2 Å². The summed E-state index contributed by atoms with van der Waals surface area (Å²) in [6, 6.07) is 8.74. The maximum absolute atomic E-state index is 12.6. The van der Waals surface area contributed by atoms with E-state index in [2.05, 4.69) is 15.5 Å². The summed E-state index contributed by atoms with van der Waals surface area (Å²) in [5.41, 5.74) is 0.551. The summed E-state index contributed by atoms with van der Waals surface area (Å²) in [5.74, 6) is -0.429. The topological polar surface area (TPSA) is 118 Å². The quantitative estimate of drug-likeness (QED) is 0.859. The van der Waals surface area contributed by atoms with E-state index < -0.39 is 15.9 Å². The molecule has 1 amide bonds. The number of likely N-dealkylation sites (tertiary alicyclic amines) is 1. The number of hydrogen-bond acceptors (Lipinski definition) is 6. The van der Waals surface area contributed by atoms with Crippen LogP contribution in [0.3, 0.4) is 0 Å². The zero-order valence-electron chi connectivity index (χ0n) is 12.1. The van der Waals surface area contributed by atoms with Crippen molar-refractivity contribution >= 4 is 15.9 Å². The molecule has 1 atom stereocenters. The van der Waals surface area contributed by atoms with Gasteiger partial charge in [0.25, 0.3) is 5.16 Å². The van der Waals surface area contributed by atoms with E-state index in [4.69, 9.17) is 5.11 Å². The number of nitrogens with zero attached hydrogens (tertiary/aromatic N) is 5. The largest absolute Gasteiger partial charge is 0.465 e. The van der Waals surface area contributed by atoms with Gasteiger partial charge in [-0.2, -0.15) is 4.68 Å². The third-order valence-electron chi connectivity index (χ3n) is 3.73. The molecule has 1 fully saturated rings. The standard InChI is InChI=1S/C13H15N5O4S/c19-13(20)17-7-6-10(8-17)9-23(21,22)12-14-15-16-18(12)11-4-2-1-3-5-11/h1-5,10H,6-9H2,(H,19,20). The molecule has 1 aliphatic rings. The maximum Gasteiger partial charge on any atom is 0.407 e. The van der Waals surface area contributed by atoms with E-state index in [0.29, 0.717) is 18.7 Å². The monoisotopic (exact) mass is 337 g/mol. The van der Waals surface area contributed by atoms with E-state index in [1.807, 2.05) is 0 Å². The Balaban J connectivity index is 1.82. The number of benzene rings is 1. The molecule has 9 nitrogen and oxygen atoms in total. The van der Waals surface area contributed by atoms with Crippen molar-refractivity contribution in [1.82, 2.24) is 25.1 Å². The van der Waals surface area contributed by atoms with Gasteiger partial charge in [-0.3, -0.25) is 0 Å². The molecule has 1 aliphatic heterocycles. The Morgan fingerprint density at radius 2 is 2.04 bits per heavy atom. The van der Waals surface area contributed by atoms with E-state index >= 15 is 0 Å². The van der Waals surface area contributed by atoms with E-state index in [1.165, 1.54) is 9.58 Å². The van der Waals surface area contributed by atoms with Crippen molar-refractivity contribution < 1.29 is 18.3 Å². The summed E-state index contributed by atoms with van der Waals surface area (Å²) in [7, 11) is -3.72. The fraction of sp³-hybridized carbons (Fsp3) is 0.385. The Labute approximate surface area is 132 Å². The van der Waals surface area contributed by atoms with E-state index in [-0.39, 0.29) is 23.4 Å². The van der Waals surface area contributed by atoms with Gasteiger partial charge in [0.1, 0.15) is 0 Å². The fourth-order valence-corrected chi connectivity index (χ4v) is 4.24. The van der Waals surface area contributed by atoms with Crippen molar-refractivity contribution in [3.05, 3.63) is 30.3 Å². The Bertz CT molecular complexity index is 805. The highest BCUT2D eigenvalue weighted by Gasteiger charge is 2.33. The number of carboxylic acid groups (broad SMARTS) is 1. The summed E-state index contributed by atoms with van der Waals surface area (Å²) in [4.78, 5) is 12.1. The minimum absolute atomic E-state index is 0.177. The molecule has 1 aromatic heterocycles. The average Bonchev–Trinajstić information content (AvgIpc) is 3.16. The molecule has 122 valence electrons. The summed E-state index contributed by atoms with van der Waals surface area (Å²) in [5, 5.41) is 19.6. The van der Waals surface area contributed by atoms with Gasteiger partial charge in [0.2, 0.25) is 9.84 Å². The van der Waals surface area contributed by atoms with E-state index in [1.54, 1.807) is 30.3 Å². The number of carbonyl (C=O) groups is 1. The molecule has 23 heavy (non-hydrogen) atoms. The normalized spacial score (nSPS) is 18.3. The van der Waals surface area contributed by atoms with Crippen LogP contribution in [-0.2, 0) is 9.84 Å². The van der Waals surface area contributed by atoms with Gasteiger partial charge in [0.15, 0.2) is 0 Å². The summed E-state index contributed by atoms with van der Waals surface area (Å²) in [6.07, 6.45) is -0.516. The second-order valence-electron chi connectivity index (χ2n) is 5.37. The highest BCUT2D eigenvalue weighted by molar-refractivity contribution is 7.91. The fourth-order valence-electron chi connectivity index (χ4n) is 2.63. The van der Waals surface area contributed by atoms with Crippen LogP contribution < -0.4 is 0 Å². The van der Waals surface area contributed by atoms with Gasteiger partial charge >= 0.3 is 6.09 Å². The number of hydrogen-bond donors (Lipinski definition) is 1. The second-order valence-corrected chi connectivity index (χ2v) is 7.30. The van der Waals surface area contributed by atoms with E-state index in [0.717, 1.165) is 0 Å². The lowest BCUT2D eigenvalue weighted by Crippen LogP contribution is -2.28. The van der Waals surface area contributed by atoms with Crippen molar-refractivity contribution in [3.8, 4) is 5.69 Å². The third kappa shape index (κ3) is 3.16. The van der Waals surface area contributed by atoms with E-state index in [9.17, 15) is 13.2 Å². The Hall–Kier alpha value is -2.49. The van der Waals surface area contributed by atoms with Gasteiger partial charge in [-0.05, 0) is 34.9 Å². The van der Waals surface area contributed by atoms with Crippen molar-refractivity contribution in [2.75, 3.05) is 18.8 Å². The lowest BCUT2D eigenvalue weighted by molar-refractivity contribution is 0.154. The molecule has 1 unspecified atom stereocenters. The minimum Gasteiger partial charge on any atom is -0.465 e. The first-order valence-electron chi connectivity index (χ1n) is 7.02. The lowest BCUT2D eigenvalue weighted by atomic mass is 10.2. The van der Waals surface area contributed by atoms with Crippen molar-refractivity contribution in [3.63, 3.8) is 0 Å². The number of amides is 1. The van der Waals surface area contributed by atoms with Crippen LogP contribution in [0.2, 0.25) is 0 Å². The molecule has 0 saturated carbocycles. The molecule has 0 radical (unpaired) electrons. The second kappa shape index (κ2) is 5.95. The molecule has 2 aromatic rings. The van der Waals surface area contributed by atoms with Gasteiger partial charge in [-0.1, -0.05) is 23.3 Å². The van der Waals surface area contributed by atoms with Crippen LogP contribution in [0.4, 0.5) is 4.79 Å². The summed E-state index contributed by atoms with van der Waals surface area (Å²) >= 11 is 0. The summed E-state index contributed by atoms with van der Waals surface area (Å²) in [6.45, 7) is 0.556. The van der Waals surface area contributed by atoms with Crippen LogP contribution in [0.25, 0.3) is 5.69 Å². The number of tetrazole rings is 1. The van der Waals surface area contributed by atoms with Gasteiger partial charge in [-0.15, -0.1) is 0 Å². The third-order valence-corrected chi connectivity index (χ3v) is 5.45. The van der Waals surface area contributed by atoms with Crippen LogP contribution in [0.15, 0.2) is 35.5 Å². The molecule has 10 heteroatoms. The zero-order valence-corrected chi connectivity index (χ0v) is 12.9. The molecule has 3 rings (SSSR count). The van der Waals surface area contributed by atoms with Crippen molar-refractivity contribution in [2.24, 2.45) is 5.92 Å². The Morgan fingerprint density at radius 1 is 1.30 bits per heavy atom. The minimum atomic E-state index is -3.72. The van der Waals surface area contributed by atoms with Gasteiger partial charge < -0.3 is 10.0 Å². The molecule has 1 N–H and O–H groups in total. The molecular formula is C13H15N5O4S. The molecular weight excluding hydrogens is 322 g/mol. The molecule has 1 saturated heterocycles. The van der Waals surface area contributed by atoms with Crippen LogP contribution >= 0.6 is 0 Å². The predicted molar refractivity (Wildman–Crippen MR) is 78.9 cm³/mol. The maximum atomic E-state index is 12.6. The Kier molecular flexibility index (Phi) is 3.99. The van der Waals surface area contributed by atoms with Crippen LogP contribution in [-0.4, -0.2) is 63.6 Å². The van der Waals surface area contributed by atoms with Crippen LogP contribution in [0.1, 0.15) is 6.42 Å².